The van der Waals surface area contributed by atoms with Crippen LogP contribution in [-0.4, -0.2) is 36.5 Å². The quantitative estimate of drug-likeness (QED) is 0.686. The van der Waals surface area contributed by atoms with Gasteiger partial charge in [0.2, 0.25) is 0 Å². The largest absolute Gasteiger partial charge is 0.497 e. The first-order chi connectivity index (χ1) is 12.0. The van der Waals surface area contributed by atoms with E-state index in [9.17, 15) is 10.2 Å². The molecule has 0 spiro atoms. The average molecular weight is 345 g/mol. The van der Waals surface area contributed by atoms with E-state index in [4.69, 9.17) is 9.47 Å². The number of hydrogen-bond donors (Lipinski definition) is 3. The van der Waals surface area contributed by atoms with Crippen LogP contribution < -0.4 is 14.8 Å². The van der Waals surface area contributed by atoms with E-state index in [1.54, 1.807) is 14.2 Å². The normalized spacial score (nSPS) is 15.9. The lowest BCUT2D eigenvalue weighted by Gasteiger charge is -2.28. The molecular weight excluding hydrogens is 318 g/mol. The smallest absolute Gasteiger partial charge is 0.118 e. The summed E-state index contributed by atoms with van der Waals surface area (Å²) >= 11 is 0. The second-order valence-electron chi connectivity index (χ2n) is 6.18. The highest BCUT2D eigenvalue weighted by atomic mass is 16.5. The molecule has 0 saturated heterocycles. The summed E-state index contributed by atoms with van der Waals surface area (Å²) in [5.41, 5.74) is 1.60. The molecule has 0 aliphatic rings. The molecule has 2 rings (SSSR count). The highest BCUT2D eigenvalue weighted by Gasteiger charge is 2.23. The molecule has 0 aliphatic heterocycles. The van der Waals surface area contributed by atoms with Crippen LogP contribution in [0.5, 0.6) is 11.5 Å². The summed E-state index contributed by atoms with van der Waals surface area (Å²) in [6.45, 7) is 3.79. The van der Waals surface area contributed by atoms with Crippen LogP contribution in [0.2, 0.25) is 0 Å². The van der Waals surface area contributed by atoms with Gasteiger partial charge < -0.3 is 25.0 Å². The van der Waals surface area contributed by atoms with Crippen LogP contribution in [0.4, 0.5) is 0 Å². The molecule has 2 aromatic carbocycles. The minimum atomic E-state index is -0.684. The Labute approximate surface area is 149 Å². The number of methoxy groups -OCH3 is 2. The van der Waals surface area contributed by atoms with Gasteiger partial charge in [-0.05, 0) is 49.2 Å². The molecule has 0 bridgehead atoms. The van der Waals surface area contributed by atoms with Gasteiger partial charge in [-0.2, -0.15) is 0 Å². The van der Waals surface area contributed by atoms with Crippen molar-refractivity contribution in [1.29, 1.82) is 0 Å². The van der Waals surface area contributed by atoms with Gasteiger partial charge in [-0.15, -0.1) is 0 Å². The zero-order valence-electron chi connectivity index (χ0n) is 15.1. The minimum Gasteiger partial charge on any atom is -0.497 e. The fourth-order valence-corrected chi connectivity index (χ4v) is 2.78. The van der Waals surface area contributed by atoms with Gasteiger partial charge in [0, 0.05) is 12.1 Å². The van der Waals surface area contributed by atoms with Gasteiger partial charge >= 0.3 is 0 Å². The maximum atomic E-state index is 10.5. The van der Waals surface area contributed by atoms with E-state index in [0.717, 1.165) is 22.6 Å². The zero-order valence-corrected chi connectivity index (χ0v) is 15.1. The average Bonchev–Trinajstić information content (AvgIpc) is 2.66. The van der Waals surface area contributed by atoms with E-state index in [-0.39, 0.29) is 12.1 Å². The predicted molar refractivity (Wildman–Crippen MR) is 98.0 cm³/mol. The van der Waals surface area contributed by atoms with Gasteiger partial charge in [-0.1, -0.05) is 24.3 Å². The Morgan fingerprint density at radius 2 is 1.00 bits per heavy atom. The van der Waals surface area contributed by atoms with E-state index in [2.05, 4.69) is 5.32 Å². The standard InChI is InChI=1S/C20H27NO4/c1-13(19(22)15-5-9-17(24-3)10-6-15)21-14(2)20(23)16-7-11-18(25-4)12-8-16/h5-14,19-23H,1-4H3/t13-,14-,19+,20+/m0/s1. The lowest BCUT2D eigenvalue weighted by molar-refractivity contribution is 0.0918. The summed E-state index contributed by atoms with van der Waals surface area (Å²) in [6.07, 6.45) is -1.37. The van der Waals surface area contributed by atoms with Crippen molar-refractivity contribution in [3.8, 4) is 11.5 Å². The molecule has 0 fully saturated rings. The zero-order chi connectivity index (χ0) is 18.4. The molecule has 25 heavy (non-hydrogen) atoms. The first kappa shape index (κ1) is 19.2. The highest BCUT2D eigenvalue weighted by molar-refractivity contribution is 5.30. The Hall–Kier alpha value is -2.08. The molecule has 5 heteroatoms. The molecule has 0 amide bonds. The molecule has 0 saturated carbocycles. The van der Waals surface area contributed by atoms with E-state index < -0.39 is 12.2 Å². The molecule has 3 N–H and O–H groups in total. The molecule has 136 valence electrons. The lowest BCUT2D eigenvalue weighted by Crippen LogP contribution is -2.41. The Morgan fingerprint density at radius 1 is 0.680 bits per heavy atom. The summed E-state index contributed by atoms with van der Waals surface area (Å²) in [5, 5.41) is 24.3. The van der Waals surface area contributed by atoms with Crippen LogP contribution in [0.15, 0.2) is 48.5 Å². The predicted octanol–water partition coefficient (Wildman–Crippen LogP) is 2.84. The van der Waals surface area contributed by atoms with Crippen molar-refractivity contribution in [3.63, 3.8) is 0 Å². The summed E-state index contributed by atoms with van der Waals surface area (Å²) in [5.74, 6) is 1.50. The molecule has 4 atom stereocenters. The number of ether oxygens (including phenoxy) is 2. The van der Waals surface area contributed by atoms with E-state index >= 15 is 0 Å². The Morgan fingerprint density at radius 3 is 1.28 bits per heavy atom. The van der Waals surface area contributed by atoms with Crippen LogP contribution >= 0.6 is 0 Å². The van der Waals surface area contributed by atoms with Crippen molar-refractivity contribution in [1.82, 2.24) is 5.32 Å². The maximum absolute atomic E-state index is 10.5. The molecule has 0 radical (unpaired) electrons. The highest BCUT2D eigenvalue weighted by Crippen LogP contribution is 2.23. The molecule has 0 unspecified atom stereocenters. The van der Waals surface area contributed by atoms with Gasteiger partial charge in [0.25, 0.3) is 0 Å². The number of hydrogen-bond acceptors (Lipinski definition) is 5. The summed E-state index contributed by atoms with van der Waals surface area (Å²) in [6, 6.07) is 14.2. The third kappa shape index (κ3) is 4.95. The van der Waals surface area contributed by atoms with Crippen molar-refractivity contribution in [2.24, 2.45) is 0 Å². The molecule has 5 nitrogen and oxygen atoms in total. The molecule has 0 aromatic heterocycles. The molecule has 0 heterocycles. The molecule has 2 aromatic rings. The fraction of sp³-hybridized carbons (Fsp3) is 0.400. The Kier molecular flexibility index (Phi) is 6.82. The van der Waals surface area contributed by atoms with Gasteiger partial charge in [0.1, 0.15) is 11.5 Å². The van der Waals surface area contributed by atoms with Crippen molar-refractivity contribution >= 4 is 0 Å². The SMILES string of the molecule is COc1ccc([C@H](O)[C@H](C)N[C@@H](C)[C@@H](O)c2ccc(OC)cc2)cc1. The summed E-state index contributed by atoms with van der Waals surface area (Å²) < 4.78 is 10.3. The van der Waals surface area contributed by atoms with Crippen molar-refractivity contribution in [2.45, 2.75) is 38.1 Å². The van der Waals surface area contributed by atoms with Crippen LogP contribution in [0.3, 0.4) is 0 Å². The third-order valence-corrected chi connectivity index (χ3v) is 4.39. The minimum absolute atomic E-state index is 0.226. The van der Waals surface area contributed by atoms with Gasteiger partial charge in [-0.3, -0.25) is 0 Å². The fourth-order valence-electron chi connectivity index (χ4n) is 2.78. The van der Waals surface area contributed by atoms with Crippen LogP contribution in [-0.2, 0) is 0 Å². The number of benzene rings is 2. The van der Waals surface area contributed by atoms with E-state index in [1.807, 2.05) is 62.4 Å². The first-order valence-corrected chi connectivity index (χ1v) is 8.36. The van der Waals surface area contributed by atoms with Crippen molar-refractivity contribution in [3.05, 3.63) is 59.7 Å². The van der Waals surface area contributed by atoms with Crippen LogP contribution in [0.1, 0.15) is 37.2 Å². The summed E-state index contributed by atoms with van der Waals surface area (Å²) in [4.78, 5) is 0. The molecular formula is C20H27NO4. The number of aliphatic hydroxyl groups is 2. The van der Waals surface area contributed by atoms with Crippen LogP contribution in [0, 0.1) is 0 Å². The van der Waals surface area contributed by atoms with Crippen molar-refractivity contribution in [2.75, 3.05) is 14.2 Å². The maximum Gasteiger partial charge on any atom is 0.118 e. The monoisotopic (exact) mass is 345 g/mol. The number of rotatable bonds is 8. The van der Waals surface area contributed by atoms with E-state index in [0.29, 0.717) is 0 Å². The number of aliphatic hydroxyl groups excluding tert-OH is 2. The van der Waals surface area contributed by atoms with Crippen LogP contribution in [0.25, 0.3) is 0 Å². The van der Waals surface area contributed by atoms with Gasteiger partial charge in [0.05, 0.1) is 26.4 Å². The Balaban J connectivity index is 1.98. The van der Waals surface area contributed by atoms with Gasteiger partial charge in [0.15, 0.2) is 0 Å². The topological polar surface area (TPSA) is 71.0 Å². The molecule has 0 aliphatic carbocycles. The summed E-state index contributed by atoms with van der Waals surface area (Å²) in [7, 11) is 3.22. The third-order valence-electron chi connectivity index (χ3n) is 4.39. The van der Waals surface area contributed by atoms with Gasteiger partial charge in [-0.25, -0.2) is 0 Å². The van der Waals surface area contributed by atoms with Crippen molar-refractivity contribution < 1.29 is 19.7 Å². The second kappa shape index (κ2) is 8.85. The van der Waals surface area contributed by atoms with E-state index in [1.165, 1.54) is 0 Å². The Bertz CT molecular complexity index is 584. The lowest BCUT2D eigenvalue weighted by atomic mass is 9.99. The first-order valence-electron chi connectivity index (χ1n) is 8.36. The second-order valence-corrected chi connectivity index (χ2v) is 6.18. The number of nitrogens with one attached hydrogen (secondary N) is 1.